The van der Waals surface area contributed by atoms with Gasteiger partial charge in [-0.15, -0.1) is 0 Å². The monoisotopic (exact) mass is 410 g/mol. The average Bonchev–Trinajstić information content (AvgIpc) is 2.72. The molecule has 1 fully saturated rings. The van der Waals surface area contributed by atoms with Crippen molar-refractivity contribution in [3.8, 4) is 0 Å². The molecular formula is C20H24F2N2O3S. The molecule has 0 spiro atoms. The molecule has 1 aliphatic heterocycles. The number of rotatable bonds is 8. The number of morpholine rings is 1. The van der Waals surface area contributed by atoms with Crippen molar-refractivity contribution >= 4 is 9.84 Å². The molecule has 1 unspecified atom stereocenters. The predicted molar refractivity (Wildman–Crippen MR) is 103 cm³/mol. The highest BCUT2D eigenvalue weighted by Gasteiger charge is 2.26. The van der Waals surface area contributed by atoms with Gasteiger partial charge >= 0.3 is 5.76 Å². The zero-order valence-corrected chi connectivity index (χ0v) is 16.2. The van der Waals surface area contributed by atoms with Crippen LogP contribution in [0.5, 0.6) is 0 Å². The molecule has 1 N–H and O–H groups in total. The Balaban J connectivity index is 1.67. The van der Waals surface area contributed by atoms with Crippen LogP contribution in [-0.2, 0) is 21.1 Å². The minimum absolute atomic E-state index is 0.0868. The molecule has 0 aromatic heterocycles. The summed E-state index contributed by atoms with van der Waals surface area (Å²) in [6.45, 7) is 4.53. The van der Waals surface area contributed by atoms with E-state index in [0.717, 1.165) is 44.0 Å². The first kappa shape index (κ1) is 20.9. The lowest BCUT2D eigenvalue weighted by Crippen LogP contribution is -2.41. The van der Waals surface area contributed by atoms with Gasteiger partial charge in [0.25, 0.3) is 0 Å². The van der Waals surface area contributed by atoms with E-state index >= 15 is 0 Å². The van der Waals surface area contributed by atoms with Crippen LogP contribution in [0, 0.1) is 0 Å². The standard InChI is InChI=1S/C20H24F2N2O3S/c21-20(22)28(25,26)18-8-6-16(7-9-18)14-23-19(17-4-2-1-3-5-17)15-24-10-12-27-13-11-24/h1-9,19-20,23H,10-15H2. The second-order valence-corrected chi connectivity index (χ2v) is 8.62. The van der Waals surface area contributed by atoms with E-state index in [1.165, 1.54) is 12.1 Å². The minimum Gasteiger partial charge on any atom is -0.379 e. The van der Waals surface area contributed by atoms with Crippen molar-refractivity contribution in [2.24, 2.45) is 0 Å². The average molecular weight is 410 g/mol. The third-order valence-electron chi connectivity index (χ3n) is 4.79. The highest BCUT2D eigenvalue weighted by molar-refractivity contribution is 7.91. The smallest absolute Gasteiger partial charge is 0.341 e. The summed E-state index contributed by atoms with van der Waals surface area (Å²) in [5.41, 5.74) is 1.99. The Kier molecular flexibility index (Phi) is 7.12. The highest BCUT2D eigenvalue weighted by atomic mass is 32.2. The van der Waals surface area contributed by atoms with Crippen LogP contribution in [0.25, 0.3) is 0 Å². The van der Waals surface area contributed by atoms with Crippen molar-refractivity contribution < 1.29 is 21.9 Å². The highest BCUT2D eigenvalue weighted by Crippen LogP contribution is 2.20. The van der Waals surface area contributed by atoms with Gasteiger partial charge in [0.2, 0.25) is 9.84 Å². The molecule has 2 aromatic rings. The number of hydrogen-bond acceptors (Lipinski definition) is 5. The van der Waals surface area contributed by atoms with E-state index in [-0.39, 0.29) is 10.9 Å². The summed E-state index contributed by atoms with van der Waals surface area (Å²) >= 11 is 0. The summed E-state index contributed by atoms with van der Waals surface area (Å²) in [6, 6.07) is 15.8. The molecule has 0 saturated carbocycles. The molecule has 2 aromatic carbocycles. The number of halogens is 2. The summed E-state index contributed by atoms with van der Waals surface area (Å²) in [5, 5.41) is 3.50. The van der Waals surface area contributed by atoms with E-state index in [4.69, 9.17) is 4.74 Å². The van der Waals surface area contributed by atoms with E-state index in [1.54, 1.807) is 12.1 Å². The van der Waals surface area contributed by atoms with Gasteiger partial charge in [-0.2, -0.15) is 8.78 Å². The Morgan fingerprint density at radius 2 is 1.64 bits per heavy atom. The third-order valence-corrected chi connectivity index (χ3v) is 6.18. The van der Waals surface area contributed by atoms with Gasteiger partial charge in [0, 0.05) is 32.2 Å². The van der Waals surface area contributed by atoms with Crippen LogP contribution >= 0.6 is 0 Å². The summed E-state index contributed by atoms with van der Waals surface area (Å²) < 4.78 is 53.8. The summed E-state index contributed by atoms with van der Waals surface area (Å²) in [6.07, 6.45) is 0. The number of sulfone groups is 1. The van der Waals surface area contributed by atoms with Gasteiger partial charge in [-0.3, -0.25) is 4.90 Å². The van der Waals surface area contributed by atoms with Crippen LogP contribution in [0.1, 0.15) is 17.2 Å². The van der Waals surface area contributed by atoms with Crippen molar-refractivity contribution in [3.63, 3.8) is 0 Å². The minimum atomic E-state index is -4.56. The van der Waals surface area contributed by atoms with Crippen molar-refractivity contribution in [2.45, 2.75) is 23.2 Å². The number of benzene rings is 2. The number of ether oxygens (including phenoxy) is 1. The Bertz CT molecular complexity index is 840. The van der Waals surface area contributed by atoms with Gasteiger partial charge in [-0.25, -0.2) is 8.42 Å². The lowest BCUT2D eigenvalue weighted by molar-refractivity contribution is 0.0333. The first-order chi connectivity index (χ1) is 13.5. The maximum Gasteiger partial charge on any atom is 0.341 e. The maximum absolute atomic E-state index is 12.6. The molecule has 0 amide bonds. The quantitative estimate of drug-likeness (QED) is 0.725. The van der Waals surface area contributed by atoms with Gasteiger partial charge < -0.3 is 10.1 Å². The van der Waals surface area contributed by atoms with Gasteiger partial charge in [-0.1, -0.05) is 42.5 Å². The van der Waals surface area contributed by atoms with E-state index < -0.39 is 15.6 Å². The molecule has 5 nitrogen and oxygen atoms in total. The summed E-state index contributed by atoms with van der Waals surface area (Å²) in [4.78, 5) is 1.98. The van der Waals surface area contributed by atoms with Crippen molar-refractivity contribution in [2.75, 3.05) is 32.8 Å². The second kappa shape index (κ2) is 9.56. The van der Waals surface area contributed by atoms with E-state index in [2.05, 4.69) is 22.3 Å². The SMILES string of the molecule is O=S(=O)(c1ccc(CNC(CN2CCOCC2)c2ccccc2)cc1)C(F)F. The van der Waals surface area contributed by atoms with E-state index in [1.807, 2.05) is 18.2 Å². The van der Waals surface area contributed by atoms with Crippen molar-refractivity contribution in [1.29, 1.82) is 0 Å². The molecule has 8 heteroatoms. The normalized spacial score (nSPS) is 17.0. The van der Waals surface area contributed by atoms with Crippen LogP contribution in [0.3, 0.4) is 0 Å². The van der Waals surface area contributed by atoms with Crippen molar-refractivity contribution in [3.05, 3.63) is 65.7 Å². The molecule has 1 atom stereocenters. The predicted octanol–water partition coefficient (Wildman–Crippen LogP) is 2.85. The van der Waals surface area contributed by atoms with Gasteiger partial charge in [0.15, 0.2) is 0 Å². The zero-order valence-electron chi connectivity index (χ0n) is 15.4. The summed E-state index contributed by atoms with van der Waals surface area (Å²) in [5.74, 6) is -3.41. The van der Waals surface area contributed by atoms with Gasteiger partial charge in [-0.05, 0) is 23.3 Å². The first-order valence-electron chi connectivity index (χ1n) is 9.16. The number of hydrogen-bond donors (Lipinski definition) is 1. The molecule has 0 bridgehead atoms. The lowest BCUT2D eigenvalue weighted by atomic mass is 10.1. The van der Waals surface area contributed by atoms with Crippen molar-refractivity contribution in [1.82, 2.24) is 10.2 Å². The molecule has 1 aliphatic rings. The molecule has 0 aliphatic carbocycles. The van der Waals surface area contributed by atoms with Crippen LogP contribution in [0.2, 0.25) is 0 Å². The second-order valence-electron chi connectivity index (χ2n) is 6.71. The topological polar surface area (TPSA) is 58.6 Å². The van der Waals surface area contributed by atoms with E-state index in [0.29, 0.717) is 6.54 Å². The van der Waals surface area contributed by atoms with Crippen LogP contribution in [0.15, 0.2) is 59.5 Å². The third kappa shape index (κ3) is 5.35. The van der Waals surface area contributed by atoms with Gasteiger partial charge in [0.05, 0.1) is 18.1 Å². The van der Waals surface area contributed by atoms with Crippen LogP contribution in [0.4, 0.5) is 8.78 Å². The molecule has 0 radical (unpaired) electrons. The molecule has 1 heterocycles. The maximum atomic E-state index is 12.6. The lowest BCUT2D eigenvalue weighted by Gasteiger charge is -2.31. The molecule has 28 heavy (non-hydrogen) atoms. The van der Waals surface area contributed by atoms with Crippen LogP contribution < -0.4 is 5.32 Å². The first-order valence-corrected chi connectivity index (χ1v) is 10.7. The largest absolute Gasteiger partial charge is 0.379 e. The molecule has 152 valence electrons. The number of alkyl halides is 2. The Morgan fingerprint density at radius 1 is 1.00 bits per heavy atom. The van der Waals surface area contributed by atoms with Crippen LogP contribution in [-0.4, -0.2) is 51.9 Å². The Hall–Kier alpha value is -1.87. The van der Waals surface area contributed by atoms with Gasteiger partial charge in [0.1, 0.15) is 0 Å². The molecule has 3 rings (SSSR count). The Morgan fingerprint density at radius 3 is 2.25 bits per heavy atom. The molecule has 1 saturated heterocycles. The fourth-order valence-electron chi connectivity index (χ4n) is 3.16. The molecular weight excluding hydrogens is 386 g/mol. The fourth-order valence-corrected chi connectivity index (χ4v) is 3.88. The summed E-state index contributed by atoms with van der Waals surface area (Å²) in [7, 11) is -4.56. The zero-order chi connectivity index (χ0) is 20.0. The Labute approximate surface area is 164 Å². The van der Waals surface area contributed by atoms with E-state index in [9.17, 15) is 17.2 Å². The number of nitrogens with zero attached hydrogens (tertiary/aromatic N) is 1. The fraction of sp³-hybridized carbons (Fsp3) is 0.400. The number of nitrogens with one attached hydrogen (secondary N) is 1.